The second-order valence-corrected chi connectivity index (χ2v) is 9.18. The van der Waals surface area contributed by atoms with Crippen LogP contribution in [0.5, 0.6) is 0 Å². The van der Waals surface area contributed by atoms with Crippen LogP contribution in [0.25, 0.3) is 0 Å². The van der Waals surface area contributed by atoms with Gasteiger partial charge in [-0.2, -0.15) is 0 Å². The number of rotatable bonds is 8. The van der Waals surface area contributed by atoms with Gasteiger partial charge in [0.15, 0.2) is 0 Å². The van der Waals surface area contributed by atoms with Crippen molar-refractivity contribution in [2.24, 2.45) is 23.2 Å². The Kier molecular flexibility index (Phi) is 5.88. The zero-order valence-corrected chi connectivity index (χ0v) is 16.9. The van der Waals surface area contributed by atoms with Gasteiger partial charge in [0.05, 0.1) is 0 Å². The summed E-state index contributed by atoms with van der Waals surface area (Å²) in [6.07, 6.45) is 7.33. The van der Waals surface area contributed by atoms with Crippen LogP contribution in [-0.2, 0) is 9.59 Å². The fourth-order valence-electron chi connectivity index (χ4n) is 6.02. The minimum absolute atomic E-state index is 0.107. The second-order valence-electron chi connectivity index (χ2n) is 9.18. The van der Waals surface area contributed by atoms with E-state index in [0.29, 0.717) is 25.2 Å². The second kappa shape index (κ2) is 8.56. The number of benzene rings is 1. The van der Waals surface area contributed by atoms with Gasteiger partial charge in [0.25, 0.3) is 5.91 Å². The van der Waals surface area contributed by atoms with Crippen LogP contribution < -0.4 is 16.0 Å². The van der Waals surface area contributed by atoms with Crippen molar-refractivity contribution in [3.63, 3.8) is 0 Å². The molecule has 4 fully saturated rings. The lowest BCUT2D eigenvalue weighted by Crippen LogP contribution is -2.53. The zero-order valence-electron chi connectivity index (χ0n) is 16.9. The van der Waals surface area contributed by atoms with Crippen molar-refractivity contribution in [2.75, 3.05) is 19.6 Å². The maximum atomic E-state index is 12.9. The Hall–Kier alpha value is -2.37. The summed E-state index contributed by atoms with van der Waals surface area (Å²) in [5.74, 6) is 2.12. The van der Waals surface area contributed by atoms with Gasteiger partial charge in [-0.3, -0.25) is 14.4 Å². The summed E-state index contributed by atoms with van der Waals surface area (Å²) in [6.45, 7) is 1.13. The molecule has 5 rings (SSSR count). The van der Waals surface area contributed by atoms with Crippen molar-refractivity contribution in [1.29, 1.82) is 0 Å². The van der Waals surface area contributed by atoms with Crippen LogP contribution in [0.15, 0.2) is 30.3 Å². The number of carbonyl (C=O) groups is 3. The topological polar surface area (TPSA) is 87.3 Å². The van der Waals surface area contributed by atoms with Crippen molar-refractivity contribution in [3.8, 4) is 0 Å². The van der Waals surface area contributed by atoms with Crippen molar-refractivity contribution in [1.82, 2.24) is 16.0 Å². The summed E-state index contributed by atoms with van der Waals surface area (Å²) < 4.78 is 0. The molecular weight excluding hydrogens is 366 g/mol. The van der Waals surface area contributed by atoms with Gasteiger partial charge in [-0.25, -0.2) is 0 Å². The van der Waals surface area contributed by atoms with Gasteiger partial charge in [0.2, 0.25) is 11.8 Å². The van der Waals surface area contributed by atoms with Crippen LogP contribution in [0.2, 0.25) is 0 Å². The molecule has 3 N–H and O–H groups in total. The van der Waals surface area contributed by atoms with Crippen molar-refractivity contribution in [2.45, 2.75) is 44.9 Å². The highest BCUT2D eigenvalue weighted by Gasteiger charge is 2.54. The molecule has 4 aliphatic rings. The molecule has 0 aliphatic heterocycles. The van der Waals surface area contributed by atoms with Crippen molar-refractivity contribution >= 4 is 17.7 Å². The lowest BCUT2D eigenvalue weighted by Gasteiger charge is -2.55. The first-order valence-corrected chi connectivity index (χ1v) is 10.9. The third-order valence-corrected chi connectivity index (χ3v) is 6.93. The molecule has 6 heteroatoms. The van der Waals surface area contributed by atoms with E-state index in [4.69, 9.17) is 0 Å². The first-order valence-electron chi connectivity index (χ1n) is 10.9. The maximum Gasteiger partial charge on any atom is 0.251 e. The number of hydrogen-bond donors (Lipinski definition) is 3. The van der Waals surface area contributed by atoms with Gasteiger partial charge in [-0.1, -0.05) is 18.2 Å². The quantitative estimate of drug-likeness (QED) is 0.588. The molecule has 0 heterocycles. The molecule has 0 atom stereocenters. The first kappa shape index (κ1) is 19.9. The van der Waals surface area contributed by atoms with E-state index in [1.165, 1.54) is 19.3 Å². The number of hydrogen-bond acceptors (Lipinski definition) is 3. The molecule has 0 spiro atoms. The standard InChI is InChI=1S/C23H31N3O3/c27-20(24-8-9-25-21(28)19-4-2-1-3-5-19)6-7-26-22(29)23-13-16-10-17(14-23)12-18(11-16)15-23/h1-5,16-18H,6-15H2,(H,24,27)(H,25,28)(H,26,29). The van der Waals surface area contributed by atoms with E-state index >= 15 is 0 Å². The zero-order chi connectivity index (χ0) is 20.3. The van der Waals surface area contributed by atoms with E-state index in [1.807, 2.05) is 18.2 Å². The molecule has 0 aromatic heterocycles. The van der Waals surface area contributed by atoms with E-state index in [0.717, 1.165) is 37.0 Å². The number of amides is 3. The summed E-state index contributed by atoms with van der Waals surface area (Å²) in [5.41, 5.74) is 0.443. The molecule has 4 bridgehead atoms. The summed E-state index contributed by atoms with van der Waals surface area (Å²) >= 11 is 0. The molecule has 4 aliphatic carbocycles. The van der Waals surface area contributed by atoms with Crippen molar-refractivity contribution in [3.05, 3.63) is 35.9 Å². The predicted molar refractivity (Wildman–Crippen MR) is 110 cm³/mol. The van der Waals surface area contributed by atoms with Crippen LogP contribution in [-0.4, -0.2) is 37.4 Å². The number of carbonyl (C=O) groups excluding carboxylic acids is 3. The SMILES string of the molecule is O=C(CCNC(=O)C12CC3CC(CC(C3)C1)C2)NCCNC(=O)c1ccccc1. The lowest BCUT2D eigenvalue weighted by atomic mass is 9.49. The van der Waals surface area contributed by atoms with E-state index in [-0.39, 0.29) is 29.6 Å². The Balaban J connectivity index is 1.12. The predicted octanol–water partition coefficient (Wildman–Crippen LogP) is 2.26. The minimum Gasteiger partial charge on any atom is -0.355 e. The Bertz CT molecular complexity index is 727. The fourth-order valence-corrected chi connectivity index (χ4v) is 6.02. The molecule has 0 unspecified atom stereocenters. The van der Waals surface area contributed by atoms with Crippen molar-refractivity contribution < 1.29 is 14.4 Å². The van der Waals surface area contributed by atoms with E-state index in [2.05, 4.69) is 16.0 Å². The molecule has 0 saturated heterocycles. The van der Waals surface area contributed by atoms with Gasteiger partial charge in [-0.05, 0) is 68.4 Å². The van der Waals surface area contributed by atoms with E-state index < -0.39 is 0 Å². The molecular formula is C23H31N3O3. The highest BCUT2D eigenvalue weighted by molar-refractivity contribution is 5.94. The third kappa shape index (κ3) is 4.62. The van der Waals surface area contributed by atoms with Crippen LogP contribution in [0.4, 0.5) is 0 Å². The minimum atomic E-state index is -0.160. The van der Waals surface area contributed by atoms with E-state index in [1.54, 1.807) is 12.1 Å². The van der Waals surface area contributed by atoms with Gasteiger partial charge in [0, 0.05) is 37.0 Å². The van der Waals surface area contributed by atoms with E-state index in [9.17, 15) is 14.4 Å². The molecule has 6 nitrogen and oxygen atoms in total. The molecule has 29 heavy (non-hydrogen) atoms. The Morgan fingerprint density at radius 3 is 2.00 bits per heavy atom. The van der Waals surface area contributed by atoms with Crippen LogP contribution in [0.1, 0.15) is 55.3 Å². The lowest BCUT2D eigenvalue weighted by molar-refractivity contribution is -0.146. The molecule has 3 amide bonds. The molecule has 1 aromatic carbocycles. The maximum absolute atomic E-state index is 12.9. The summed E-state index contributed by atoms with van der Waals surface area (Å²) in [7, 11) is 0. The summed E-state index contributed by atoms with van der Waals surface area (Å²) in [4.78, 5) is 36.8. The third-order valence-electron chi connectivity index (χ3n) is 6.93. The average molecular weight is 398 g/mol. The smallest absolute Gasteiger partial charge is 0.251 e. The van der Waals surface area contributed by atoms with Gasteiger partial charge in [0.1, 0.15) is 0 Å². The molecule has 1 aromatic rings. The molecule has 0 radical (unpaired) electrons. The molecule has 156 valence electrons. The Labute approximate surface area is 172 Å². The van der Waals surface area contributed by atoms with Crippen LogP contribution in [0.3, 0.4) is 0 Å². The monoisotopic (exact) mass is 397 g/mol. The Morgan fingerprint density at radius 1 is 0.793 bits per heavy atom. The van der Waals surface area contributed by atoms with Gasteiger partial charge < -0.3 is 16.0 Å². The van der Waals surface area contributed by atoms with Gasteiger partial charge >= 0.3 is 0 Å². The van der Waals surface area contributed by atoms with Crippen LogP contribution in [0, 0.1) is 23.2 Å². The highest BCUT2D eigenvalue weighted by Crippen LogP contribution is 2.60. The average Bonchev–Trinajstić information content (AvgIpc) is 2.70. The summed E-state index contributed by atoms with van der Waals surface area (Å²) in [6, 6.07) is 8.99. The first-order chi connectivity index (χ1) is 14.0. The fraction of sp³-hybridized carbons (Fsp3) is 0.609. The van der Waals surface area contributed by atoms with Crippen LogP contribution >= 0.6 is 0 Å². The summed E-state index contributed by atoms with van der Waals surface area (Å²) in [5, 5.41) is 8.60. The molecule has 4 saturated carbocycles. The highest BCUT2D eigenvalue weighted by atomic mass is 16.2. The largest absolute Gasteiger partial charge is 0.355 e. The normalized spacial score (nSPS) is 29.3. The number of nitrogens with one attached hydrogen (secondary N) is 3. The van der Waals surface area contributed by atoms with Gasteiger partial charge in [-0.15, -0.1) is 0 Å². The Morgan fingerprint density at radius 2 is 1.38 bits per heavy atom.